The summed E-state index contributed by atoms with van der Waals surface area (Å²) >= 11 is 0.370. The molecule has 0 atom stereocenters. The Labute approximate surface area is 183 Å². The number of para-hydroxylation sites is 2. The summed E-state index contributed by atoms with van der Waals surface area (Å²) in [5.41, 5.74) is 2.19. The van der Waals surface area contributed by atoms with E-state index in [4.69, 9.17) is 0 Å². The van der Waals surface area contributed by atoms with Crippen molar-refractivity contribution in [1.82, 2.24) is 5.32 Å². The second-order valence-corrected chi connectivity index (χ2v) is 7.52. The minimum atomic E-state index is -2.59. The first-order valence-electron chi connectivity index (χ1n) is 9.51. The van der Waals surface area contributed by atoms with Crippen molar-refractivity contribution in [3.8, 4) is 0 Å². The first-order valence-corrected chi connectivity index (χ1v) is 10.4. The Balaban J connectivity index is 1.60. The molecule has 0 saturated heterocycles. The predicted molar refractivity (Wildman–Crippen MR) is 119 cm³/mol. The van der Waals surface area contributed by atoms with Crippen LogP contribution in [0.25, 0.3) is 0 Å². The third-order valence-corrected chi connectivity index (χ3v) is 5.07. The van der Waals surface area contributed by atoms with Crippen molar-refractivity contribution < 1.29 is 18.4 Å². The van der Waals surface area contributed by atoms with E-state index in [9.17, 15) is 18.4 Å². The Hall–Kier alpha value is -3.39. The van der Waals surface area contributed by atoms with Crippen LogP contribution in [0.3, 0.4) is 0 Å². The highest BCUT2D eigenvalue weighted by Gasteiger charge is 2.14. The number of carbonyl (C=O) groups is 2. The summed E-state index contributed by atoms with van der Waals surface area (Å²) in [6.07, 6.45) is 0. The standard InChI is InChI=1S/C23H21F2N3O2S/c24-23(25)31-20-13-7-6-12-19(20)28-21(29)15-26-18-11-5-4-10-17(18)22(30)27-14-16-8-2-1-3-9-16/h1-13,23,26H,14-15H2,(H,27,30)(H,28,29). The molecule has 3 aromatic rings. The van der Waals surface area contributed by atoms with Gasteiger partial charge in [0.05, 0.1) is 17.8 Å². The van der Waals surface area contributed by atoms with E-state index >= 15 is 0 Å². The largest absolute Gasteiger partial charge is 0.376 e. The quantitative estimate of drug-likeness (QED) is 0.410. The zero-order valence-electron chi connectivity index (χ0n) is 16.5. The molecule has 0 aliphatic carbocycles. The number of nitrogens with one attached hydrogen (secondary N) is 3. The average Bonchev–Trinajstić information content (AvgIpc) is 2.78. The molecule has 0 aliphatic rings. The van der Waals surface area contributed by atoms with Crippen LogP contribution in [-0.4, -0.2) is 24.1 Å². The Morgan fingerprint density at radius 2 is 1.48 bits per heavy atom. The molecular weight excluding hydrogens is 420 g/mol. The van der Waals surface area contributed by atoms with Crippen LogP contribution >= 0.6 is 11.8 Å². The Morgan fingerprint density at radius 3 is 2.23 bits per heavy atom. The van der Waals surface area contributed by atoms with Crippen LogP contribution in [-0.2, 0) is 11.3 Å². The fourth-order valence-electron chi connectivity index (χ4n) is 2.85. The number of hydrogen-bond donors (Lipinski definition) is 3. The van der Waals surface area contributed by atoms with Crippen molar-refractivity contribution in [2.24, 2.45) is 0 Å². The van der Waals surface area contributed by atoms with Gasteiger partial charge in [-0.25, -0.2) is 0 Å². The third-order valence-electron chi connectivity index (χ3n) is 4.28. The number of alkyl halides is 2. The summed E-state index contributed by atoms with van der Waals surface area (Å²) < 4.78 is 25.4. The fourth-order valence-corrected chi connectivity index (χ4v) is 3.44. The van der Waals surface area contributed by atoms with Crippen molar-refractivity contribution in [2.45, 2.75) is 17.2 Å². The van der Waals surface area contributed by atoms with E-state index in [1.165, 1.54) is 6.07 Å². The van der Waals surface area contributed by atoms with Gasteiger partial charge in [-0.15, -0.1) is 0 Å². The SMILES string of the molecule is O=C(CNc1ccccc1C(=O)NCc1ccccc1)Nc1ccccc1SC(F)F. The zero-order valence-corrected chi connectivity index (χ0v) is 17.3. The van der Waals surface area contributed by atoms with E-state index < -0.39 is 11.7 Å². The predicted octanol–water partition coefficient (Wildman–Crippen LogP) is 4.98. The van der Waals surface area contributed by atoms with Crippen LogP contribution in [0.4, 0.5) is 20.2 Å². The zero-order chi connectivity index (χ0) is 22.1. The van der Waals surface area contributed by atoms with Gasteiger partial charge >= 0.3 is 0 Å². The molecule has 31 heavy (non-hydrogen) atoms. The highest BCUT2D eigenvalue weighted by molar-refractivity contribution is 7.99. The summed E-state index contributed by atoms with van der Waals surface area (Å²) in [5, 5.41) is 8.43. The second-order valence-electron chi connectivity index (χ2n) is 6.49. The lowest BCUT2D eigenvalue weighted by Gasteiger charge is -2.14. The first kappa shape index (κ1) is 22.3. The molecule has 0 saturated carbocycles. The van der Waals surface area contributed by atoms with Crippen LogP contribution in [0.15, 0.2) is 83.8 Å². The summed E-state index contributed by atoms with van der Waals surface area (Å²) in [5.74, 6) is -3.27. The number of rotatable bonds is 9. The van der Waals surface area contributed by atoms with Gasteiger partial charge in [-0.3, -0.25) is 9.59 Å². The van der Waals surface area contributed by atoms with Gasteiger partial charge in [0.15, 0.2) is 0 Å². The smallest absolute Gasteiger partial charge is 0.288 e. The van der Waals surface area contributed by atoms with Crippen LogP contribution in [0, 0.1) is 0 Å². The fraction of sp³-hybridized carbons (Fsp3) is 0.130. The highest BCUT2D eigenvalue weighted by Crippen LogP contribution is 2.31. The van der Waals surface area contributed by atoms with Crippen LogP contribution < -0.4 is 16.0 Å². The minimum absolute atomic E-state index is 0.128. The first-order chi connectivity index (χ1) is 15.0. The van der Waals surface area contributed by atoms with Gasteiger partial charge in [-0.05, 0) is 29.8 Å². The summed E-state index contributed by atoms with van der Waals surface area (Å²) in [4.78, 5) is 25.2. The van der Waals surface area contributed by atoms with E-state index in [0.29, 0.717) is 35.2 Å². The molecular formula is C23H21F2N3O2S. The average molecular weight is 442 g/mol. The molecule has 0 unspecified atom stereocenters. The van der Waals surface area contributed by atoms with Crippen molar-refractivity contribution in [3.05, 3.63) is 90.0 Å². The van der Waals surface area contributed by atoms with Crippen LogP contribution in [0.5, 0.6) is 0 Å². The minimum Gasteiger partial charge on any atom is -0.376 e. The number of anilines is 2. The molecule has 0 fully saturated rings. The van der Waals surface area contributed by atoms with Gasteiger partial charge in [0, 0.05) is 17.1 Å². The molecule has 0 radical (unpaired) electrons. The number of carbonyl (C=O) groups excluding carboxylic acids is 2. The topological polar surface area (TPSA) is 70.2 Å². The number of benzene rings is 3. The van der Waals surface area contributed by atoms with Gasteiger partial charge in [-0.1, -0.05) is 66.4 Å². The molecule has 160 valence electrons. The van der Waals surface area contributed by atoms with Crippen molar-refractivity contribution >= 4 is 35.0 Å². The molecule has 3 N–H and O–H groups in total. The number of hydrogen-bond acceptors (Lipinski definition) is 4. The molecule has 0 aliphatic heterocycles. The van der Waals surface area contributed by atoms with Gasteiger partial charge in [0.1, 0.15) is 0 Å². The molecule has 0 spiro atoms. The molecule has 5 nitrogen and oxygen atoms in total. The number of halogens is 2. The molecule has 2 amide bonds. The molecule has 0 aromatic heterocycles. The Bertz CT molecular complexity index is 1030. The maximum atomic E-state index is 12.7. The molecule has 3 aromatic carbocycles. The molecule has 3 rings (SSSR count). The summed E-state index contributed by atoms with van der Waals surface area (Å²) in [6, 6.07) is 22.7. The van der Waals surface area contributed by atoms with E-state index in [1.807, 2.05) is 30.3 Å². The van der Waals surface area contributed by atoms with E-state index in [0.717, 1.165) is 5.56 Å². The van der Waals surface area contributed by atoms with Gasteiger partial charge in [0.2, 0.25) is 5.91 Å². The van der Waals surface area contributed by atoms with Crippen molar-refractivity contribution in [1.29, 1.82) is 0 Å². The van der Waals surface area contributed by atoms with Gasteiger partial charge in [0.25, 0.3) is 11.7 Å². The maximum absolute atomic E-state index is 12.7. The van der Waals surface area contributed by atoms with Crippen molar-refractivity contribution in [2.75, 3.05) is 17.2 Å². The normalized spacial score (nSPS) is 10.5. The lowest BCUT2D eigenvalue weighted by atomic mass is 10.1. The summed E-state index contributed by atoms with van der Waals surface area (Å²) in [7, 11) is 0. The van der Waals surface area contributed by atoms with E-state index in [1.54, 1.807) is 42.5 Å². The number of amides is 2. The Morgan fingerprint density at radius 1 is 0.839 bits per heavy atom. The highest BCUT2D eigenvalue weighted by atomic mass is 32.2. The molecule has 0 heterocycles. The second kappa shape index (κ2) is 11.1. The van der Waals surface area contributed by atoms with Crippen molar-refractivity contribution in [3.63, 3.8) is 0 Å². The van der Waals surface area contributed by atoms with Crippen LogP contribution in [0.2, 0.25) is 0 Å². The van der Waals surface area contributed by atoms with Crippen LogP contribution in [0.1, 0.15) is 15.9 Å². The monoisotopic (exact) mass is 441 g/mol. The van der Waals surface area contributed by atoms with E-state index in [2.05, 4.69) is 16.0 Å². The molecule has 8 heteroatoms. The summed E-state index contributed by atoms with van der Waals surface area (Å²) in [6.45, 7) is 0.254. The number of thioether (sulfide) groups is 1. The molecule has 0 bridgehead atoms. The Kier molecular flexibility index (Phi) is 8.00. The maximum Gasteiger partial charge on any atom is 0.288 e. The van der Waals surface area contributed by atoms with Gasteiger partial charge < -0.3 is 16.0 Å². The third kappa shape index (κ3) is 6.82. The lowest BCUT2D eigenvalue weighted by Crippen LogP contribution is -2.26. The lowest BCUT2D eigenvalue weighted by molar-refractivity contribution is -0.114. The van der Waals surface area contributed by atoms with Gasteiger partial charge in [-0.2, -0.15) is 8.78 Å². The van der Waals surface area contributed by atoms with E-state index in [-0.39, 0.29) is 17.3 Å².